The molecule has 7 nitrogen and oxygen atoms in total. The predicted molar refractivity (Wildman–Crippen MR) is 76.1 cm³/mol. The molecule has 0 saturated heterocycles. The largest absolute Gasteiger partial charge is 0.459 e. The van der Waals surface area contributed by atoms with Crippen LogP contribution in [-0.2, 0) is 9.53 Å². The number of halogens is 1. The minimum atomic E-state index is -0.699. The number of nitrogens with one attached hydrogen (secondary N) is 2. The van der Waals surface area contributed by atoms with Crippen LogP contribution in [0.5, 0.6) is 0 Å². The van der Waals surface area contributed by atoms with E-state index in [0.29, 0.717) is 5.02 Å². The SMILES string of the molecule is O=C(COC(=O)c1cccc(Cl)c1)NNC(=O)c1ccco1. The number of hydrazine groups is 1. The Labute approximate surface area is 130 Å². The maximum absolute atomic E-state index is 11.7. The molecular weight excluding hydrogens is 312 g/mol. The Balaban J connectivity index is 1.76. The number of hydrogen-bond acceptors (Lipinski definition) is 5. The lowest BCUT2D eigenvalue weighted by molar-refractivity contribution is -0.125. The lowest BCUT2D eigenvalue weighted by Gasteiger charge is -2.07. The highest BCUT2D eigenvalue weighted by atomic mass is 35.5. The van der Waals surface area contributed by atoms with Crippen molar-refractivity contribution in [3.8, 4) is 0 Å². The number of esters is 1. The molecule has 0 spiro atoms. The summed E-state index contributed by atoms with van der Waals surface area (Å²) in [6.45, 7) is -0.552. The molecule has 0 aliphatic rings. The van der Waals surface area contributed by atoms with Crippen molar-refractivity contribution in [2.24, 2.45) is 0 Å². The zero-order chi connectivity index (χ0) is 15.9. The van der Waals surface area contributed by atoms with E-state index in [2.05, 4.69) is 10.9 Å². The Morgan fingerprint density at radius 2 is 1.95 bits per heavy atom. The first kappa shape index (κ1) is 15.6. The third-order valence-corrected chi connectivity index (χ3v) is 2.69. The first-order valence-electron chi connectivity index (χ1n) is 6.11. The van der Waals surface area contributed by atoms with Crippen LogP contribution in [0, 0.1) is 0 Å². The molecule has 0 aliphatic carbocycles. The van der Waals surface area contributed by atoms with E-state index in [0.717, 1.165) is 0 Å². The molecule has 1 heterocycles. The van der Waals surface area contributed by atoms with E-state index < -0.39 is 24.4 Å². The van der Waals surface area contributed by atoms with E-state index in [1.54, 1.807) is 12.1 Å². The first-order chi connectivity index (χ1) is 10.6. The van der Waals surface area contributed by atoms with Gasteiger partial charge in [-0.3, -0.25) is 20.4 Å². The number of ether oxygens (including phenoxy) is 1. The van der Waals surface area contributed by atoms with Gasteiger partial charge in [-0.15, -0.1) is 0 Å². The molecule has 2 N–H and O–H groups in total. The third kappa shape index (κ3) is 4.35. The average molecular weight is 323 g/mol. The number of hydrogen-bond donors (Lipinski definition) is 2. The van der Waals surface area contributed by atoms with Gasteiger partial charge in [0.2, 0.25) is 0 Å². The fourth-order valence-corrected chi connectivity index (χ4v) is 1.65. The maximum atomic E-state index is 11.7. The summed E-state index contributed by atoms with van der Waals surface area (Å²) in [5.74, 6) is -1.99. The molecule has 0 atom stereocenters. The minimum Gasteiger partial charge on any atom is -0.459 e. The highest BCUT2D eigenvalue weighted by molar-refractivity contribution is 6.30. The van der Waals surface area contributed by atoms with Gasteiger partial charge in [-0.25, -0.2) is 4.79 Å². The summed E-state index contributed by atoms with van der Waals surface area (Å²) in [7, 11) is 0. The summed E-state index contributed by atoms with van der Waals surface area (Å²) in [4.78, 5) is 34.6. The Kier molecular flexibility index (Phi) is 5.16. The monoisotopic (exact) mass is 322 g/mol. The van der Waals surface area contributed by atoms with E-state index in [1.165, 1.54) is 30.5 Å². The van der Waals surface area contributed by atoms with Crippen LogP contribution >= 0.6 is 11.6 Å². The van der Waals surface area contributed by atoms with Crippen molar-refractivity contribution in [3.63, 3.8) is 0 Å². The molecular formula is C14H11ClN2O5. The van der Waals surface area contributed by atoms with Gasteiger partial charge in [0.15, 0.2) is 12.4 Å². The van der Waals surface area contributed by atoms with Gasteiger partial charge in [0.25, 0.3) is 5.91 Å². The molecule has 22 heavy (non-hydrogen) atoms. The lowest BCUT2D eigenvalue weighted by Crippen LogP contribution is -2.43. The summed E-state index contributed by atoms with van der Waals surface area (Å²) < 4.78 is 9.62. The van der Waals surface area contributed by atoms with Gasteiger partial charge in [-0.1, -0.05) is 17.7 Å². The molecule has 0 fully saturated rings. The van der Waals surface area contributed by atoms with Crippen molar-refractivity contribution in [1.29, 1.82) is 0 Å². The van der Waals surface area contributed by atoms with Crippen molar-refractivity contribution in [3.05, 3.63) is 59.0 Å². The van der Waals surface area contributed by atoms with Crippen LogP contribution in [0.4, 0.5) is 0 Å². The second-order valence-electron chi connectivity index (χ2n) is 4.07. The fourth-order valence-electron chi connectivity index (χ4n) is 1.46. The Morgan fingerprint density at radius 1 is 1.14 bits per heavy atom. The highest BCUT2D eigenvalue weighted by Crippen LogP contribution is 2.11. The molecule has 114 valence electrons. The molecule has 8 heteroatoms. The van der Waals surface area contributed by atoms with Crippen molar-refractivity contribution in [2.45, 2.75) is 0 Å². The molecule has 0 unspecified atom stereocenters. The topological polar surface area (TPSA) is 97.6 Å². The zero-order valence-electron chi connectivity index (χ0n) is 11.2. The van der Waals surface area contributed by atoms with Crippen LogP contribution in [0.25, 0.3) is 0 Å². The second kappa shape index (κ2) is 7.28. The predicted octanol–water partition coefficient (Wildman–Crippen LogP) is 1.55. The number of carbonyl (C=O) groups is 3. The highest BCUT2D eigenvalue weighted by Gasteiger charge is 2.12. The molecule has 1 aromatic carbocycles. The Morgan fingerprint density at radius 3 is 2.64 bits per heavy atom. The van der Waals surface area contributed by atoms with Crippen LogP contribution in [-0.4, -0.2) is 24.4 Å². The number of benzene rings is 1. The Hall–Kier alpha value is -2.80. The lowest BCUT2D eigenvalue weighted by atomic mass is 10.2. The molecule has 2 aromatic rings. The molecule has 2 amide bonds. The van der Waals surface area contributed by atoms with Gasteiger partial charge in [0, 0.05) is 5.02 Å². The molecule has 2 rings (SSSR count). The standard InChI is InChI=1S/C14H11ClN2O5/c15-10-4-1-3-9(7-10)14(20)22-8-12(18)16-17-13(19)11-5-2-6-21-11/h1-7H,8H2,(H,16,18)(H,17,19). The van der Waals surface area contributed by atoms with Crippen LogP contribution in [0.3, 0.4) is 0 Å². The van der Waals surface area contributed by atoms with Crippen LogP contribution in [0.1, 0.15) is 20.9 Å². The Bertz CT molecular complexity index is 684. The number of furan rings is 1. The van der Waals surface area contributed by atoms with Crippen LogP contribution in [0.15, 0.2) is 47.1 Å². The normalized spacial score (nSPS) is 9.86. The smallest absolute Gasteiger partial charge is 0.338 e. The molecule has 0 radical (unpaired) electrons. The van der Waals surface area contributed by atoms with Crippen molar-refractivity contribution in [2.75, 3.05) is 6.61 Å². The quantitative estimate of drug-likeness (QED) is 0.657. The van der Waals surface area contributed by atoms with E-state index in [-0.39, 0.29) is 11.3 Å². The molecule has 1 aromatic heterocycles. The summed E-state index contributed by atoms with van der Waals surface area (Å²) >= 11 is 5.74. The van der Waals surface area contributed by atoms with Crippen LogP contribution < -0.4 is 10.9 Å². The van der Waals surface area contributed by atoms with Crippen LogP contribution in [0.2, 0.25) is 5.02 Å². The summed E-state index contributed by atoms with van der Waals surface area (Å²) in [6, 6.07) is 9.08. The van der Waals surface area contributed by atoms with E-state index in [4.69, 9.17) is 20.8 Å². The fraction of sp³-hybridized carbons (Fsp3) is 0.0714. The number of carbonyl (C=O) groups excluding carboxylic acids is 3. The zero-order valence-corrected chi connectivity index (χ0v) is 11.9. The van der Waals surface area contributed by atoms with Gasteiger partial charge >= 0.3 is 11.9 Å². The summed E-state index contributed by atoms with van der Waals surface area (Å²) in [6.07, 6.45) is 1.32. The summed E-state index contributed by atoms with van der Waals surface area (Å²) in [5.41, 5.74) is 4.42. The molecule has 0 bridgehead atoms. The van der Waals surface area contributed by atoms with Crippen molar-refractivity contribution < 1.29 is 23.5 Å². The van der Waals surface area contributed by atoms with E-state index in [9.17, 15) is 14.4 Å². The number of amides is 2. The number of rotatable bonds is 4. The van der Waals surface area contributed by atoms with Gasteiger partial charge in [-0.05, 0) is 30.3 Å². The van der Waals surface area contributed by atoms with Crippen molar-refractivity contribution in [1.82, 2.24) is 10.9 Å². The van der Waals surface area contributed by atoms with Gasteiger partial charge in [-0.2, -0.15) is 0 Å². The van der Waals surface area contributed by atoms with Gasteiger partial charge < -0.3 is 9.15 Å². The average Bonchev–Trinajstić information content (AvgIpc) is 3.04. The molecule has 0 saturated carbocycles. The van der Waals surface area contributed by atoms with Crippen molar-refractivity contribution >= 4 is 29.4 Å². The molecule has 0 aliphatic heterocycles. The van der Waals surface area contributed by atoms with Gasteiger partial charge in [0.05, 0.1) is 11.8 Å². The third-order valence-electron chi connectivity index (χ3n) is 2.46. The van der Waals surface area contributed by atoms with E-state index >= 15 is 0 Å². The second-order valence-corrected chi connectivity index (χ2v) is 4.50. The summed E-state index contributed by atoms with van der Waals surface area (Å²) in [5, 5.41) is 0.379. The van der Waals surface area contributed by atoms with E-state index in [1.807, 2.05) is 0 Å². The maximum Gasteiger partial charge on any atom is 0.338 e. The minimum absolute atomic E-state index is 0.0382. The first-order valence-corrected chi connectivity index (χ1v) is 6.49. The van der Waals surface area contributed by atoms with Gasteiger partial charge in [0.1, 0.15) is 0 Å².